The van der Waals surface area contributed by atoms with Crippen molar-refractivity contribution in [1.82, 2.24) is 0 Å². The van der Waals surface area contributed by atoms with Gasteiger partial charge in [0.05, 0.1) is 36.6 Å². The Kier molecular flexibility index (Phi) is 11.5. The number of phenolic OH excluding ortho intramolecular Hbond substituents is 1. The molecule has 0 atom stereocenters. The minimum Gasteiger partial charge on any atom is -0.505 e. The van der Waals surface area contributed by atoms with E-state index in [9.17, 15) is 35.8 Å². The molecule has 19 heteroatoms. The fourth-order valence-electron chi connectivity index (χ4n) is 4.72. The number of rotatable bonds is 14. The summed E-state index contributed by atoms with van der Waals surface area (Å²) in [6.45, 7) is 4.38. The molecule has 0 heterocycles. The van der Waals surface area contributed by atoms with Gasteiger partial charge in [0.15, 0.2) is 5.75 Å². The molecule has 0 unspecified atom stereocenters. The van der Waals surface area contributed by atoms with Gasteiger partial charge in [0.1, 0.15) is 22.1 Å². The Bertz CT molecular complexity index is 2220. The molecule has 0 saturated carbocycles. The number of nitrogens with zero attached hydrogens (tertiary/aromatic N) is 5. The lowest BCUT2D eigenvalue weighted by Crippen LogP contribution is -2.20. The number of nitrogen functional groups attached to an aromatic ring is 1. The Morgan fingerprint density at radius 2 is 1.47 bits per heavy atom. The average Bonchev–Trinajstić information content (AvgIpc) is 3.02. The third kappa shape index (κ3) is 9.06. The molecule has 4 aromatic rings. The van der Waals surface area contributed by atoms with Crippen LogP contribution in [-0.2, 0) is 34.5 Å². The van der Waals surface area contributed by atoms with Crippen LogP contribution in [-0.4, -0.2) is 69.9 Å². The van der Waals surface area contributed by atoms with E-state index >= 15 is 0 Å². The molecular weight excluding hydrogens is 683 g/mol. The average molecular weight is 714 g/mol. The zero-order valence-electron chi connectivity index (χ0n) is 26.1. The van der Waals surface area contributed by atoms with E-state index in [0.29, 0.717) is 23.0 Å². The highest BCUT2D eigenvalue weighted by molar-refractivity contribution is 7.87. The molecule has 4 rings (SSSR count). The van der Waals surface area contributed by atoms with Gasteiger partial charge in [0.25, 0.3) is 20.2 Å². The van der Waals surface area contributed by atoms with Gasteiger partial charge >= 0.3 is 0 Å². The van der Waals surface area contributed by atoms with Crippen LogP contribution >= 0.6 is 0 Å². The molecule has 0 spiro atoms. The minimum absolute atomic E-state index is 0.169. The van der Waals surface area contributed by atoms with Crippen molar-refractivity contribution in [2.45, 2.75) is 23.6 Å². The summed E-state index contributed by atoms with van der Waals surface area (Å²) >= 11 is 0. The Morgan fingerprint density at radius 3 is 2.10 bits per heavy atom. The number of fused-ring (bicyclic) bond motifs is 1. The van der Waals surface area contributed by atoms with Crippen LogP contribution in [0.15, 0.2) is 79.7 Å². The van der Waals surface area contributed by atoms with Crippen molar-refractivity contribution in [3.63, 3.8) is 0 Å². The summed E-state index contributed by atoms with van der Waals surface area (Å²) in [7, 11) is -10.0. The summed E-state index contributed by atoms with van der Waals surface area (Å²) in [5, 5.41) is 24.5. The van der Waals surface area contributed by atoms with E-state index in [-0.39, 0.29) is 50.0 Å². The monoisotopic (exact) mass is 713 g/mol. The second kappa shape index (κ2) is 15.4. The Balaban J connectivity index is 1.49. The standard InChI is InChI=1S/C30H31N7O10S2/c1-17-13-19(3-6-22(17)34-27(38)16-47-12-11-46-10-9-33-37-32)20-4-7-23(18(2)14-20)35-36-24-8-5-21-25(48(40,41)42)15-26(49(43,44)45)29(31)28(21)30(24)39/h3-8,13-15,39H,9-12,16,31H2,1-2H3,(H,34,38)(H,40,41,42)(H,43,44,45). The van der Waals surface area contributed by atoms with Crippen molar-refractivity contribution in [2.24, 2.45) is 15.3 Å². The first-order chi connectivity index (χ1) is 23.1. The van der Waals surface area contributed by atoms with Crippen LogP contribution in [0.3, 0.4) is 0 Å². The molecule has 0 radical (unpaired) electrons. The highest BCUT2D eigenvalue weighted by Crippen LogP contribution is 2.44. The molecular formula is C30H31N7O10S2. The molecule has 0 fully saturated rings. The highest BCUT2D eigenvalue weighted by Gasteiger charge is 2.26. The number of hydrogen-bond donors (Lipinski definition) is 5. The van der Waals surface area contributed by atoms with Gasteiger partial charge in [-0.05, 0) is 78.0 Å². The summed E-state index contributed by atoms with van der Waals surface area (Å²) in [6, 6.07) is 13.6. The number of nitrogens with one attached hydrogen (secondary N) is 1. The molecule has 0 saturated heterocycles. The van der Waals surface area contributed by atoms with Gasteiger partial charge in [-0.3, -0.25) is 13.9 Å². The number of nitrogens with two attached hydrogens (primary N) is 1. The maximum Gasteiger partial charge on any atom is 0.296 e. The first kappa shape index (κ1) is 36.7. The normalized spacial score (nSPS) is 11.9. The fraction of sp³-hybridized carbons (Fsp3) is 0.233. The summed E-state index contributed by atoms with van der Waals surface area (Å²) in [5.41, 5.74) is 17.4. The summed E-state index contributed by atoms with van der Waals surface area (Å²) in [4.78, 5) is 13.0. The topological polar surface area (TPSA) is 276 Å². The number of benzene rings is 4. The van der Waals surface area contributed by atoms with Crippen LogP contribution in [0.5, 0.6) is 5.75 Å². The summed E-state index contributed by atoms with van der Waals surface area (Å²) in [6.07, 6.45) is 0. The molecule has 0 aliphatic rings. The van der Waals surface area contributed by atoms with E-state index in [1.165, 1.54) is 6.07 Å². The van der Waals surface area contributed by atoms with Gasteiger partial charge in [-0.2, -0.15) is 21.9 Å². The maximum atomic E-state index is 12.3. The van der Waals surface area contributed by atoms with E-state index in [4.69, 9.17) is 20.7 Å². The summed E-state index contributed by atoms with van der Waals surface area (Å²) in [5.74, 6) is -1.07. The number of aromatic hydroxyl groups is 1. The summed E-state index contributed by atoms with van der Waals surface area (Å²) < 4.78 is 77.3. The number of ether oxygens (including phenoxy) is 2. The quantitative estimate of drug-likeness (QED) is 0.0268. The third-order valence-corrected chi connectivity index (χ3v) is 8.86. The van der Waals surface area contributed by atoms with Crippen LogP contribution in [0, 0.1) is 13.8 Å². The molecule has 1 amide bonds. The van der Waals surface area contributed by atoms with Crippen molar-refractivity contribution in [3.8, 4) is 16.9 Å². The van der Waals surface area contributed by atoms with Crippen LogP contribution in [0.4, 0.5) is 22.7 Å². The smallest absolute Gasteiger partial charge is 0.296 e. The Labute approximate surface area is 280 Å². The number of carbonyl (C=O) groups excluding carboxylic acids is 1. The molecule has 6 N–H and O–H groups in total. The molecule has 17 nitrogen and oxygen atoms in total. The van der Waals surface area contributed by atoms with E-state index in [2.05, 4.69) is 25.6 Å². The van der Waals surface area contributed by atoms with Crippen LogP contribution in [0.25, 0.3) is 32.3 Å². The van der Waals surface area contributed by atoms with Gasteiger partial charge in [-0.15, -0.1) is 5.11 Å². The SMILES string of the molecule is Cc1cc(-c2ccc(NC(=O)COCCOCCN=[N+]=[N-])c(C)c2)ccc1N=Nc1ccc2c(S(=O)(=O)O)cc(S(=O)(=O)O)c(N)c2c1O. The fourth-order valence-corrected chi connectivity index (χ4v) is 6.16. The zero-order chi connectivity index (χ0) is 35.9. The minimum atomic E-state index is -5.05. The number of amides is 1. The zero-order valence-corrected chi connectivity index (χ0v) is 27.7. The van der Waals surface area contributed by atoms with E-state index in [1.807, 2.05) is 25.1 Å². The predicted molar refractivity (Wildman–Crippen MR) is 179 cm³/mol. The highest BCUT2D eigenvalue weighted by atomic mass is 32.2. The molecule has 4 aromatic carbocycles. The van der Waals surface area contributed by atoms with E-state index in [0.717, 1.165) is 22.8 Å². The van der Waals surface area contributed by atoms with Gasteiger partial charge in [-0.25, -0.2) is 0 Å². The van der Waals surface area contributed by atoms with Crippen molar-refractivity contribution >= 4 is 59.7 Å². The molecule has 0 aromatic heterocycles. The van der Waals surface area contributed by atoms with E-state index < -0.39 is 46.9 Å². The van der Waals surface area contributed by atoms with Gasteiger partial charge in [-0.1, -0.05) is 23.3 Å². The van der Waals surface area contributed by atoms with Crippen LogP contribution in [0.1, 0.15) is 11.1 Å². The number of azo groups is 1. The molecule has 0 aliphatic carbocycles. The number of aryl methyl sites for hydroxylation is 2. The first-order valence-electron chi connectivity index (χ1n) is 14.2. The third-order valence-electron chi connectivity index (χ3n) is 7.08. The van der Waals surface area contributed by atoms with Gasteiger partial charge in [0.2, 0.25) is 5.91 Å². The maximum absolute atomic E-state index is 12.3. The molecule has 258 valence electrons. The number of hydrogen-bond acceptors (Lipinski definition) is 12. The van der Waals surface area contributed by atoms with Crippen molar-refractivity contribution in [2.75, 3.05) is 44.0 Å². The number of azide groups is 1. The molecule has 0 aliphatic heterocycles. The second-order valence-corrected chi connectivity index (χ2v) is 13.3. The second-order valence-electron chi connectivity index (χ2n) is 10.5. The van der Waals surface area contributed by atoms with Crippen LogP contribution < -0.4 is 11.1 Å². The Hall–Kier alpha value is -5.14. The van der Waals surface area contributed by atoms with Gasteiger partial charge in [0, 0.05) is 22.5 Å². The van der Waals surface area contributed by atoms with Crippen LogP contribution in [0.2, 0.25) is 0 Å². The lowest BCUT2D eigenvalue weighted by atomic mass is 10.00. The molecule has 49 heavy (non-hydrogen) atoms. The lowest BCUT2D eigenvalue weighted by Gasteiger charge is -2.13. The first-order valence-corrected chi connectivity index (χ1v) is 17.1. The van der Waals surface area contributed by atoms with Gasteiger partial charge < -0.3 is 25.6 Å². The van der Waals surface area contributed by atoms with Crippen molar-refractivity contribution in [3.05, 3.63) is 76.2 Å². The van der Waals surface area contributed by atoms with E-state index in [1.54, 1.807) is 25.1 Å². The lowest BCUT2D eigenvalue weighted by molar-refractivity contribution is -0.121. The van der Waals surface area contributed by atoms with Crippen molar-refractivity contribution < 1.29 is 45.3 Å². The predicted octanol–water partition coefficient (Wildman–Crippen LogP) is 5.60. The van der Waals surface area contributed by atoms with Crippen molar-refractivity contribution in [1.29, 1.82) is 0 Å². The number of anilines is 2. The number of phenols is 1. The largest absolute Gasteiger partial charge is 0.505 e. The Morgan fingerprint density at radius 1 is 0.857 bits per heavy atom. The number of carbonyl (C=O) groups is 1. The molecule has 0 bridgehead atoms.